The lowest BCUT2D eigenvalue weighted by Gasteiger charge is -2.70. The summed E-state index contributed by atoms with van der Waals surface area (Å²) in [6, 6.07) is 6.92. The van der Waals surface area contributed by atoms with Gasteiger partial charge in [0.1, 0.15) is 17.4 Å². The Morgan fingerprint density at radius 1 is 0.886 bits per heavy atom. The third-order valence-electron chi connectivity index (χ3n) is 14.6. The minimum atomic E-state index is -0.982. The average Bonchev–Trinajstić information content (AvgIpc) is 2.96. The number of carbonyl (C=O) groups excluding carboxylic acids is 2. The van der Waals surface area contributed by atoms with Crippen molar-refractivity contribution in [3.8, 4) is 5.75 Å². The number of hydrogen-bond donors (Lipinski definition) is 1. The predicted octanol–water partition coefficient (Wildman–Crippen LogP) is 8.29. The molecule has 240 valence electrons. The lowest BCUT2D eigenvalue weighted by atomic mass is 9.33. The van der Waals surface area contributed by atoms with Crippen LogP contribution in [0.2, 0.25) is 0 Å². The van der Waals surface area contributed by atoms with Crippen LogP contribution in [0, 0.1) is 50.2 Å². The number of hydrogen-bond acceptors (Lipinski definition) is 5. The first kappa shape index (κ1) is 31.4. The molecule has 0 aromatic heterocycles. The van der Waals surface area contributed by atoms with E-state index in [4.69, 9.17) is 9.47 Å². The fourth-order valence-electron chi connectivity index (χ4n) is 11.7. The largest absolute Gasteiger partial charge is 0.489 e. The lowest BCUT2D eigenvalue weighted by molar-refractivity contribution is -0.199. The number of rotatable bonds is 4. The van der Waals surface area contributed by atoms with E-state index in [1.54, 1.807) is 18.2 Å². The minimum absolute atomic E-state index is 0.0889. The molecule has 0 aliphatic heterocycles. The quantitative estimate of drug-likeness (QED) is 0.348. The molecule has 44 heavy (non-hydrogen) atoms. The van der Waals surface area contributed by atoms with Crippen LogP contribution in [0.1, 0.15) is 117 Å². The predicted molar refractivity (Wildman–Crippen MR) is 169 cm³/mol. The summed E-state index contributed by atoms with van der Waals surface area (Å²) in [5.41, 5.74) is 0.317. The van der Waals surface area contributed by atoms with Crippen LogP contribution in [0.3, 0.4) is 0 Å². The minimum Gasteiger partial charge on any atom is -0.489 e. The summed E-state index contributed by atoms with van der Waals surface area (Å²) in [5.74, 6) is -0.0443. The zero-order valence-corrected chi connectivity index (χ0v) is 28.0. The number of carboxylic acids is 1. The van der Waals surface area contributed by atoms with E-state index in [-0.39, 0.29) is 68.2 Å². The maximum absolute atomic E-state index is 14.7. The van der Waals surface area contributed by atoms with E-state index in [9.17, 15) is 19.5 Å². The summed E-state index contributed by atoms with van der Waals surface area (Å²) in [7, 11) is 1.49. The van der Waals surface area contributed by atoms with Gasteiger partial charge in [0.25, 0.3) is 0 Å². The molecule has 4 fully saturated rings. The first-order valence-corrected chi connectivity index (χ1v) is 16.8. The van der Waals surface area contributed by atoms with E-state index in [0.717, 1.165) is 57.8 Å². The smallest absolute Gasteiger partial charge is 0.339 e. The molecule has 6 heteroatoms. The maximum Gasteiger partial charge on any atom is 0.339 e. The van der Waals surface area contributed by atoms with Crippen molar-refractivity contribution < 1.29 is 29.0 Å². The zero-order valence-electron chi connectivity index (χ0n) is 28.0. The molecule has 0 unspecified atom stereocenters. The normalized spacial score (nSPS) is 44.2. The van der Waals surface area contributed by atoms with Gasteiger partial charge in [-0.15, -0.1) is 0 Å². The molecule has 0 heterocycles. The summed E-state index contributed by atoms with van der Waals surface area (Å²) in [5, 5.41) is 9.77. The van der Waals surface area contributed by atoms with Crippen LogP contribution >= 0.6 is 0 Å². The number of esters is 1. The molecule has 9 atom stereocenters. The molecule has 0 radical (unpaired) electrons. The van der Waals surface area contributed by atoms with E-state index in [0.29, 0.717) is 5.75 Å². The summed E-state index contributed by atoms with van der Waals surface area (Å²) >= 11 is 0. The second kappa shape index (κ2) is 9.93. The molecule has 0 amide bonds. The molecular weight excluding hydrogens is 552 g/mol. The number of carboxylic acid groups (broad SMARTS) is 1. The number of aromatic carboxylic acids is 1. The van der Waals surface area contributed by atoms with Gasteiger partial charge in [0, 0.05) is 11.3 Å². The molecule has 0 saturated heterocycles. The molecule has 0 bridgehead atoms. The fourth-order valence-corrected chi connectivity index (χ4v) is 11.7. The Hall–Kier alpha value is -2.63. The van der Waals surface area contributed by atoms with Crippen LogP contribution in [0.5, 0.6) is 5.75 Å². The molecule has 4 saturated carbocycles. The average molecular weight is 605 g/mol. The van der Waals surface area contributed by atoms with Gasteiger partial charge in [-0.1, -0.05) is 59.2 Å². The van der Waals surface area contributed by atoms with Crippen molar-refractivity contribution in [2.24, 2.45) is 50.2 Å². The zero-order chi connectivity index (χ0) is 32.1. The van der Waals surface area contributed by atoms with Crippen LogP contribution in [0.15, 0.2) is 35.9 Å². The van der Waals surface area contributed by atoms with Crippen molar-refractivity contribution in [2.75, 3.05) is 7.11 Å². The monoisotopic (exact) mass is 604 g/mol. The van der Waals surface area contributed by atoms with Gasteiger partial charge in [0.05, 0.1) is 12.5 Å². The van der Waals surface area contributed by atoms with Gasteiger partial charge in [-0.05, 0) is 116 Å². The van der Waals surface area contributed by atoms with Gasteiger partial charge >= 0.3 is 11.9 Å². The summed E-state index contributed by atoms with van der Waals surface area (Å²) in [4.78, 5) is 39.6. The number of ketones is 1. The molecule has 6 rings (SSSR count). The molecule has 1 aromatic carbocycles. The second-order valence-electron chi connectivity index (χ2n) is 17.0. The number of benzene rings is 1. The highest BCUT2D eigenvalue weighted by molar-refractivity contribution is 5.96. The highest BCUT2D eigenvalue weighted by Gasteiger charge is 2.70. The number of fused-ring (bicyclic) bond motifs is 7. The first-order valence-electron chi connectivity index (χ1n) is 16.8. The summed E-state index contributed by atoms with van der Waals surface area (Å²) in [6.07, 6.45) is 10.3. The lowest BCUT2D eigenvalue weighted by Crippen LogP contribution is -2.67. The van der Waals surface area contributed by atoms with Crippen LogP contribution in [-0.2, 0) is 14.3 Å². The molecule has 0 spiro atoms. The van der Waals surface area contributed by atoms with Gasteiger partial charge in [0.2, 0.25) is 0 Å². The van der Waals surface area contributed by atoms with Crippen molar-refractivity contribution in [1.29, 1.82) is 0 Å². The second-order valence-corrected chi connectivity index (χ2v) is 17.0. The fraction of sp³-hybridized carbons (Fsp3) is 0.711. The van der Waals surface area contributed by atoms with Crippen molar-refractivity contribution in [3.05, 3.63) is 41.5 Å². The molecular formula is C38H52O6. The number of para-hydroxylation sites is 1. The number of ether oxygens (including phenoxy) is 2. The van der Waals surface area contributed by atoms with Crippen LogP contribution in [-0.4, -0.2) is 36.0 Å². The van der Waals surface area contributed by atoms with Gasteiger partial charge in [-0.25, -0.2) is 4.79 Å². The number of carbonyl (C=O) groups is 3. The van der Waals surface area contributed by atoms with Crippen molar-refractivity contribution in [3.63, 3.8) is 0 Å². The molecule has 5 aliphatic rings. The number of allylic oxidation sites excluding steroid dienone is 2. The Morgan fingerprint density at radius 2 is 1.57 bits per heavy atom. The van der Waals surface area contributed by atoms with Gasteiger partial charge in [-0.2, -0.15) is 0 Å². The van der Waals surface area contributed by atoms with E-state index < -0.39 is 11.4 Å². The Labute approximate surface area is 263 Å². The van der Waals surface area contributed by atoms with Crippen LogP contribution < -0.4 is 4.74 Å². The van der Waals surface area contributed by atoms with E-state index >= 15 is 0 Å². The summed E-state index contributed by atoms with van der Waals surface area (Å²) < 4.78 is 11.8. The van der Waals surface area contributed by atoms with E-state index in [2.05, 4.69) is 54.5 Å². The third kappa shape index (κ3) is 4.14. The van der Waals surface area contributed by atoms with E-state index in [1.165, 1.54) is 12.7 Å². The van der Waals surface area contributed by atoms with Gasteiger partial charge in [-0.3, -0.25) is 9.59 Å². The number of methoxy groups -OCH3 is 1. The Bertz CT molecular complexity index is 1430. The van der Waals surface area contributed by atoms with Crippen molar-refractivity contribution in [1.82, 2.24) is 0 Å². The first-order chi connectivity index (χ1) is 20.5. The topological polar surface area (TPSA) is 89.9 Å². The highest BCUT2D eigenvalue weighted by atomic mass is 16.5. The standard InChI is InChI=1S/C38H52O6/c1-33(2)28-13-16-38(7)30(36(28,5)15-14-29(33)44-27-12-10-9-11-23(27)31(40)41)26(39)21-24-25-22-35(4,32(42)43-8)18-17-34(25,3)19-20-37(24,38)6/h9-12,21,25,28-30H,13-20,22H2,1-8H3,(H,40,41)/t25-,28-,29+,30-,34+,35-,36+,37+,38+/m0/s1. The van der Waals surface area contributed by atoms with Crippen LogP contribution in [0.4, 0.5) is 0 Å². The third-order valence-corrected chi connectivity index (χ3v) is 14.6. The van der Waals surface area contributed by atoms with E-state index in [1.807, 2.05) is 6.07 Å². The molecule has 1 N–H and O–H groups in total. The molecule has 6 nitrogen and oxygen atoms in total. The molecule has 5 aliphatic carbocycles. The SMILES string of the molecule is COC(=O)[C@@]1(C)CC[C@]2(C)CC[C@]3(C)C(=CC(=O)[C@H]4[C@]5(C)CC[C@@H](Oc6ccccc6C(=O)O)C(C)(C)[C@@H]5CC[C@]43C)[C@@H]2C1. The highest BCUT2D eigenvalue weighted by Crippen LogP contribution is 2.75. The van der Waals surface area contributed by atoms with Crippen molar-refractivity contribution >= 4 is 17.7 Å². The Balaban J connectivity index is 1.36. The maximum atomic E-state index is 14.7. The molecule has 1 aromatic rings. The van der Waals surface area contributed by atoms with Gasteiger partial charge in [0.15, 0.2) is 5.78 Å². The Morgan fingerprint density at radius 3 is 2.25 bits per heavy atom. The summed E-state index contributed by atoms with van der Waals surface area (Å²) in [6.45, 7) is 16.2. The van der Waals surface area contributed by atoms with Crippen LogP contribution in [0.25, 0.3) is 0 Å². The van der Waals surface area contributed by atoms with Gasteiger partial charge < -0.3 is 14.6 Å². The van der Waals surface area contributed by atoms with Crippen molar-refractivity contribution in [2.45, 2.75) is 112 Å². The Kier molecular flexibility index (Phi) is 7.08.